The van der Waals surface area contributed by atoms with Crippen LogP contribution in [0.15, 0.2) is 60.9 Å². The molecular formula is C22H25N3O. The van der Waals surface area contributed by atoms with Crippen molar-refractivity contribution in [2.24, 2.45) is 0 Å². The van der Waals surface area contributed by atoms with Gasteiger partial charge >= 0.3 is 0 Å². The van der Waals surface area contributed by atoms with Crippen molar-refractivity contribution in [2.45, 2.75) is 32.7 Å². The van der Waals surface area contributed by atoms with Crippen LogP contribution in [0.1, 0.15) is 37.4 Å². The minimum Gasteiger partial charge on any atom is -0.326 e. The number of nitrogens with one attached hydrogen (secondary N) is 2. The Morgan fingerprint density at radius 3 is 2.81 bits per heavy atom. The second kappa shape index (κ2) is 8.59. The fraction of sp³-hybridized carbons (Fsp3) is 0.273. The van der Waals surface area contributed by atoms with Crippen molar-refractivity contribution in [3.63, 3.8) is 0 Å². The maximum absolute atomic E-state index is 11.2. The van der Waals surface area contributed by atoms with E-state index in [2.05, 4.69) is 46.8 Å². The van der Waals surface area contributed by atoms with Gasteiger partial charge in [-0.1, -0.05) is 36.4 Å². The van der Waals surface area contributed by atoms with Crippen molar-refractivity contribution in [3.05, 3.63) is 72.1 Å². The molecule has 1 atom stereocenters. The smallest absolute Gasteiger partial charge is 0.221 e. The summed E-state index contributed by atoms with van der Waals surface area (Å²) in [5.74, 6) is -0.0496. The maximum Gasteiger partial charge on any atom is 0.221 e. The van der Waals surface area contributed by atoms with E-state index < -0.39 is 0 Å². The molecule has 1 heterocycles. The summed E-state index contributed by atoms with van der Waals surface area (Å²) in [4.78, 5) is 15.6. The fourth-order valence-electron chi connectivity index (χ4n) is 3.18. The van der Waals surface area contributed by atoms with Gasteiger partial charge in [-0.05, 0) is 55.0 Å². The quantitative estimate of drug-likeness (QED) is 0.620. The third-order valence-electron chi connectivity index (χ3n) is 4.53. The summed E-state index contributed by atoms with van der Waals surface area (Å²) in [6, 6.07) is 16.6. The largest absolute Gasteiger partial charge is 0.326 e. The topological polar surface area (TPSA) is 54.0 Å². The molecule has 0 aliphatic carbocycles. The number of aryl methyl sites for hydroxylation is 1. The van der Waals surface area contributed by atoms with Crippen LogP contribution in [0, 0.1) is 0 Å². The van der Waals surface area contributed by atoms with Gasteiger partial charge in [-0.25, -0.2) is 0 Å². The fourth-order valence-corrected chi connectivity index (χ4v) is 3.18. The molecule has 0 unspecified atom stereocenters. The Labute approximate surface area is 154 Å². The van der Waals surface area contributed by atoms with Gasteiger partial charge in [0.25, 0.3) is 0 Å². The summed E-state index contributed by atoms with van der Waals surface area (Å²) in [6.45, 7) is 4.59. The molecule has 134 valence electrons. The number of benzene rings is 2. The van der Waals surface area contributed by atoms with Gasteiger partial charge in [0.15, 0.2) is 0 Å². The first-order valence-corrected chi connectivity index (χ1v) is 9.06. The number of pyridine rings is 1. The number of anilines is 1. The van der Waals surface area contributed by atoms with Crippen molar-refractivity contribution < 1.29 is 4.79 Å². The lowest BCUT2D eigenvalue weighted by Crippen LogP contribution is -2.20. The van der Waals surface area contributed by atoms with Crippen molar-refractivity contribution in [1.82, 2.24) is 10.3 Å². The van der Waals surface area contributed by atoms with Crippen LogP contribution in [-0.2, 0) is 11.2 Å². The highest BCUT2D eigenvalue weighted by Crippen LogP contribution is 2.19. The lowest BCUT2D eigenvalue weighted by molar-refractivity contribution is -0.114. The number of hydrogen-bond donors (Lipinski definition) is 2. The minimum atomic E-state index is -0.0496. The van der Waals surface area contributed by atoms with Crippen LogP contribution in [0.2, 0.25) is 0 Å². The van der Waals surface area contributed by atoms with Crippen LogP contribution in [0.3, 0.4) is 0 Å². The molecule has 0 bridgehead atoms. The molecule has 2 aromatic carbocycles. The average molecular weight is 347 g/mol. The van der Waals surface area contributed by atoms with E-state index in [0.717, 1.165) is 25.1 Å². The Morgan fingerprint density at radius 2 is 1.96 bits per heavy atom. The molecule has 0 radical (unpaired) electrons. The van der Waals surface area contributed by atoms with Gasteiger partial charge in [-0.3, -0.25) is 9.78 Å². The summed E-state index contributed by atoms with van der Waals surface area (Å²) in [5.41, 5.74) is 3.30. The molecule has 1 amide bonds. The van der Waals surface area contributed by atoms with Gasteiger partial charge in [-0.2, -0.15) is 0 Å². The molecule has 0 aliphatic heterocycles. The van der Waals surface area contributed by atoms with Crippen LogP contribution in [0.4, 0.5) is 5.69 Å². The molecule has 4 heteroatoms. The van der Waals surface area contributed by atoms with E-state index in [4.69, 9.17) is 0 Å². The molecule has 26 heavy (non-hydrogen) atoms. The van der Waals surface area contributed by atoms with Gasteiger partial charge in [0.05, 0.1) is 0 Å². The number of hydrogen-bond acceptors (Lipinski definition) is 3. The average Bonchev–Trinajstić information content (AvgIpc) is 2.65. The lowest BCUT2D eigenvalue weighted by Gasteiger charge is -2.15. The van der Waals surface area contributed by atoms with Crippen LogP contribution in [0.25, 0.3) is 10.8 Å². The van der Waals surface area contributed by atoms with Gasteiger partial charge in [0.2, 0.25) is 5.91 Å². The van der Waals surface area contributed by atoms with E-state index in [9.17, 15) is 4.79 Å². The van der Waals surface area contributed by atoms with E-state index in [1.807, 2.05) is 36.7 Å². The zero-order valence-electron chi connectivity index (χ0n) is 15.3. The van der Waals surface area contributed by atoms with E-state index in [0.29, 0.717) is 0 Å². The number of amides is 1. The van der Waals surface area contributed by atoms with Gasteiger partial charge in [0.1, 0.15) is 0 Å². The van der Waals surface area contributed by atoms with Gasteiger partial charge in [0, 0.05) is 36.4 Å². The Morgan fingerprint density at radius 1 is 1.12 bits per heavy atom. The van der Waals surface area contributed by atoms with E-state index in [1.165, 1.54) is 28.8 Å². The Balaban J connectivity index is 1.54. The molecule has 4 nitrogen and oxygen atoms in total. The van der Waals surface area contributed by atoms with E-state index in [-0.39, 0.29) is 11.9 Å². The van der Waals surface area contributed by atoms with Crippen LogP contribution in [-0.4, -0.2) is 17.4 Å². The first-order chi connectivity index (χ1) is 12.6. The molecule has 0 fully saturated rings. The van der Waals surface area contributed by atoms with Crippen LogP contribution >= 0.6 is 0 Å². The molecule has 2 N–H and O–H groups in total. The van der Waals surface area contributed by atoms with Crippen LogP contribution < -0.4 is 10.6 Å². The third kappa shape index (κ3) is 4.67. The monoisotopic (exact) mass is 347 g/mol. The van der Waals surface area contributed by atoms with Gasteiger partial charge in [-0.15, -0.1) is 0 Å². The number of rotatable bonds is 7. The lowest BCUT2D eigenvalue weighted by atomic mass is 10.0. The number of fused-ring (bicyclic) bond motifs is 1. The van der Waals surface area contributed by atoms with E-state index >= 15 is 0 Å². The highest BCUT2D eigenvalue weighted by molar-refractivity contribution is 5.88. The second-order valence-electron chi connectivity index (χ2n) is 6.61. The molecular weight excluding hydrogens is 322 g/mol. The summed E-state index contributed by atoms with van der Waals surface area (Å²) < 4.78 is 0. The normalized spacial score (nSPS) is 12.1. The van der Waals surface area contributed by atoms with Crippen molar-refractivity contribution in [2.75, 3.05) is 11.9 Å². The number of carbonyl (C=O) groups is 1. The third-order valence-corrected chi connectivity index (χ3v) is 4.53. The van der Waals surface area contributed by atoms with Gasteiger partial charge < -0.3 is 10.6 Å². The first kappa shape index (κ1) is 18.1. The summed E-state index contributed by atoms with van der Waals surface area (Å²) >= 11 is 0. The summed E-state index contributed by atoms with van der Waals surface area (Å²) in [7, 11) is 0. The zero-order chi connectivity index (χ0) is 18.4. The maximum atomic E-state index is 11.2. The van der Waals surface area contributed by atoms with Crippen molar-refractivity contribution in [3.8, 4) is 0 Å². The highest BCUT2D eigenvalue weighted by atomic mass is 16.1. The molecule has 3 aromatic rings. The standard InChI is InChI=1S/C22H25N3O/c1-16(18-8-5-10-21(13-18)25-17(2)26)24-12-6-9-20-15-23-14-19-7-3-4-11-22(19)20/h3-5,7-8,10-11,13-16,24H,6,9,12H2,1-2H3,(H,25,26)/t16-/m1/s1. The van der Waals surface area contributed by atoms with Crippen LogP contribution in [0.5, 0.6) is 0 Å². The molecule has 1 aromatic heterocycles. The zero-order valence-corrected chi connectivity index (χ0v) is 15.3. The molecule has 0 saturated heterocycles. The first-order valence-electron chi connectivity index (χ1n) is 9.06. The Hall–Kier alpha value is -2.72. The Bertz CT molecular complexity index is 886. The second-order valence-corrected chi connectivity index (χ2v) is 6.61. The minimum absolute atomic E-state index is 0.0496. The summed E-state index contributed by atoms with van der Waals surface area (Å²) in [5, 5.41) is 8.88. The predicted molar refractivity (Wildman–Crippen MR) is 107 cm³/mol. The summed E-state index contributed by atoms with van der Waals surface area (Å²) in [6.07, 6.45) is 5.94. The van der Waals surface area contributed by atoms with E-state index in [1.54, 1.807) is 0 Å². The van der Waals surface area contributed by atoms with Crippen molar-refractivity contribution in [1.29, 1.82) is 0 Å². The molecule has 0 spiro atoms. The molecule has 0 saturated carbocycles. The molecule has 3 rings (SSSR count). The number of carbonyl (C=O) groups excluding carboxylic acids is 1. The predicted octanol–water partition coefficient (Wildman–Crippen LogP) is 4.48. The molecule has 0 aliphatic rings. The number of nitrogens with zero attached hydrogens (tertiary/aromatic N) is 1. The highest BCUT2D eigenvalue weighted by Gasteiger charge is 2.07. The SMILES string of the molecule is CC(=O)Nc1cccc([C@@H](C)NCCCc2cncc3ccccc23)c1. The Kier molecular flexibility index (Phi) is 5.97. The number of aromatic nitrogens is 1. The van der Waals surface area contributed by atoms with Crippen molar-refractivity contribution >= 4 is 22.4 Å².